The van der Waals surface area contributed by atoms with Crippen molar-refractivity contribution in [2.45, 2.75) is 6.42 Å². The number of aliphatic hydroxyl groups excluding tert-OH is 1. The summed E-state index contributed by atoms with van der Waals surface area (Å²) >= 11 is 0. The van der Waals surface area contributed by atoms with Crippen LogP contribution in [0, 0.1) is 0 Å². The zero-order valence-corrected chi connectivity index (χ0v) is 4.48. The molecule has 0 radical (unpaired) electrons. The summed E-state index contributed by atoms with van der Waals surface area (Å²) < 4.78 is 19.2. The molecule has 0 aliphatic rings. The summed E-state index contributed by atoms with van der Waals surface area (Å²) in [6.07, 6.45) is 0.218. The number of hydrogen-bond acceptors (Lipinski definition) is 3. The predicted octanol–water partition coefficient (Wildman–Crippen LogP) is -0.950. The lowest BCUT2D eigenvalue weighted by atomic mass is 10.5. The summed E-state index contributed by atoms with van der Waals surface area (Å²) in [6.45, 7) is -0.103. The first-order valence-corrected chi connectivity index (χ1v) is 2.93. The third kappa shape index (κ3) is 5.65. The van der Waals surface area contributed by atoms with Crippen molar-refractivity contribution in [1.29, 1.82) is 0 Å². The Labute approximate surface area is 43.1 Å². The van der Waals surface area contributed by atoms with E-state index >= 15 is 0 Å². The summed E-state index contributed by atoms with van der Waals surface area (Å²) in [4.78, 5) is 0. The van der Waals surface area contributed by atoms with Gasteiger partial charge < -0.3 is 5.11 Å². The van der Waals surface area contributed by atoms with E-state index in [4.69, 9.17) is 5.11 Å². The Kier molecular flexibility index (Phi) is 3.64. The molecule has 0 aromatic heterocycles. The van der Waals surface area contributed by atoms with Crippen LogP contribution in [0.4, 0.5) is 0 Å². The van der Waals surface area contributed by atoms with Crippen LogP contribution in [0.15, 0.2) is 0 Å². The van der Waals surface area contributed by atoms with Crippen molar-refractivity contribution in [2.24, 2.45) is 0 Å². The highest BCUT2D eigenvalue weighted by atomic mass is 32.2. The third-order valence-corrected chi connectivity index (χ3v) is 0.891. The van der Waals surface area contributed by atoms with Crippen molar-refractivity contribution in [3.05, 3.63) is 0 Å². The van der Waals surface area contributed by atoms with Gasteiger partial charge in [-0.15, -0.1) is 0 Å². The lowest BCUT2D eigenvalue weighted by Crippen LogP contribution is -1.81. The normalized spacial score (nSPS) is 8.14. The van der Waals surface area contributed by atoms with Crippen LogP contribution in [-0.4, -0.2) is 25.5 Å². The van der Waals surface area contributed by atoms with Crippen LogP contribution in [0.5, 0.6) is 0 Å². The molecule has 4 heteroatoms. The van der Waals surface area contributed by atoms with E-state index in [9.17, 15) is 8.42 Å². The smallest absolute Gasteiger partial charge is 0.210 e. The molecular formula is C3H6O3S. The van der Waals surface area contributed by atoms with Gasteiger partial charge in [0.15, 0.2) is 0 Å². The molecule has 0 saturated carbocycles. The molecule has 0 aliphatic heterocycles. The fourth-order valence-electron chi connectivity index (χ4n) is 0.149. The van der Waals surface area contributed by atoms with Gasteiger partial charge in [0.25, 0.3) is 0 Å². The van der Waals surface area contributed by atoms with Crippen molar-refractivity contribution in [3.8, 4) is 0 Å². The van der Waals surface area contributed by atoms with E-state index in [1.165, 1.54) is 0 Å². The number of rotatable bonds is 2. The maximum atomic E-state index is 9.59. The van der Waals surface area contributed by atoms with Gasteiger partial charge in [0.05, 0.1) is 0 Å². The highest BCUT2D eigenvalue weighted by Gasteiger charge is 1.71. The molecule has 0 spiro atoms. The largest absolute Gasteiger partial charge is 0.396 e. The molecule has 3 nitrogen and oxygen atoms in total. The van der Waals surface area contributed by atoms with Crippen molar-refractivity contribution >= 4 is 15.7 Å². The molecule has 0 unspecified atom stereocenters. The maximum Gasteiger partial charge on any atom is 0.210 e. The van der Waals surface area contributed by atoms with Gasteiger partial charge in [-0.25, -0.2) is 0 Å². The summed E-state index contributed by atoms with van der Waals surface area (Å²) in [5.74, 6) is 0. The fraction of sp³-hybridized carbons (Fsp3) is 0.667. The van der Waals surface area contributed by atoms with Gasteiger partial charge in [0.2, 0.25) is 10.3 Å². The van der Waals surface area contributed by atoms with Gasteiger partial charge >= 0.3 is 0 Å². The van der Waals surface area contributed by atoms with Crippen LogP contribution in [0.3, 0.4) is 0 Å². The fourth-order valence-corrected chi connectivity index (χ4v) is 0.447. The van der Waals surface area contributed by atoms with E-state index in [1.54, 1.807) is 0 Å². The molecule has 1 N–H and O–H groups in total. The minimum absolute atomic E-state index is 0.103. The Bertz CT molecular complexity index is 136. The van der Waals surface area contributed by atoms with Crippen LogP contribution in [0.25, 0.3) is 0 Å². The van der Waals surface area contributed by atoms with Gasteiger partial charge in [-0.3, -0.25) is 0 Å². The van der Waals surface area contributed by atoms with E-state index in [1.807, 2.05) is 0 Å². The zero-order valence-electron chi connectivity index (χ0n) is 3.66. The molecule has 0 amide bonds. The lowest BCUT2D eigenvalue weighted by molar-refractivity contribution is 0.308. The van der Waals surface area contributed by atoms with E-state index in [0.29, 0.717) is 0 Å². The van der Waals surface area contributed by atoms with Crippen molar-refractivity contribution in [1.82, 2.24) is 0 Å². The molecule has 0 saturated heterocycles. The first-order chi connectivity index (χ1) is 3.27. The molecule has 42 valence electrons. The Balaban J connectivity index is 3.49. The van der Waals surface area contributed by atoms with Crippen LogP contribution in [0.1, 0.15) is 6.42 Å². The summed E-state index contributed by atoms with van der Waals surface area (Å²) in [7, 11) is -2.10. The monoisotopic (exact) mass is 122 g/mol. The summed E-state index contributed by atoms with van der Waals surface area (Å²) in [6, 6.07) is 0. The maximum absolute atomic E-state index is 9.59. The van der Waals surface area contributed by atoms with Crippen LogP contribution < -0.4 is 0 Å². The molecular weight excluding hydrogens is 116 g/mol. The first kappa shape index (κ1) is 6.65. The highest BCUT2D eigenvalue weighted by molar-refractivity contribution is 7.71. The van der Waals surface area contributed by atoms with Crippen molar-refractivity contribution in [3.63, 3.8) is 0 Å². The number of hydrogen-bond donors (Lipinski definition) is 1. The molecule has 0 heterocycles. The minimum Gasteiger partial charge on any atom is -0.396 e. The van der Waals surface area contributed by atoms with Gasteiger partial charge in [0.1, 0.15) is 0 Å². The van der Waals surface area contributed by atoms with Gasteiger partial charge in [-0.1, -0.05) is 0 Å². The SMILES string of the molecule is O=S(=O)=CCCO. The highest BCUT2D eigenvalue weighted by Crippen LogP contribution is 1.62. The Hall–Kier alpha value is -0.350. The Morgan fingerprint density at radius 1 is 1.57 bits per heavy atom. The topological polar surface area (TPSA) is 54.4 Å². The van der Waals surface area contributed by atoms with Crippen LogP contribution >= 0.6 is 0 Å². The average Bonchev–Trinajstić information content (AvgIpc) is 1.61. The molecule has 0 fully saturated rings. The van der Waals surface area contributed by atoms with Crippen LogP contribution in [0.2, 0.25) is 0 Å². The molecule has 0 bridgehead atoms. The zero-order chi connectivity index (χ0) is 5.70. The minimum atomic E-state index is -2.10. The second-order valence-corrected chi connectivity index (χ2v) is 1.79. The quantitative estimate of drug-likeness (QED) is 0.480. The molecule has 7 heavy (non-hydrogen) atoms. The van der Waals surface area contributed by atoms with Gasteiger partial charge in [-0.05, 0) is 0 Å². The first-order valence-electron chi connectivity index (χ1n) is 1.79. The lowest BCUT2D eigenvalue weighted by Gasteiger charge is -1.72. The summed E-state index contributed by atoms with van der Waals surface area (Å²) in [5, 5.41) is 9.02. The number of aliphatic hydroxyl groups is 1. The van der Waals surface area contributed by atoms with E-state index in [2.05, 4.69) is 0 Å². The van der Waals surface area contributed by atoms with E-state index < -0.39 is 10.3 Å². The second kappa shape index (κ2) is 3.83. The Morgan fingerprint density at radius 2 is 2.14 bits per heavy atom. The molecule has 0 aromatic rings. The van der Waals surface area contributed by atoms with Gasteiger partial charge in [0, 0.05) is 18.4 Å². The molecule has 0 rings (SSSR count). The second-order valence-electron chi connectivity index (χ2n) is 0.939. The van der Waals surface area contributed by atoms with E-state index in [0.717, 1.165) is 5.37 Å². The molecule has 0 aromatic carbocycles. The average molecular weight is 122 g/mol. The molecule has 0 aliphatic carbocycles. The third-order valence-electron chi connectivity index (χ3n) is 0.383. The van der Waals surface area contributed by atoms with Crippen LogP contribution in [-0.2, 0) is 10.3 Å². The summed E-state index contributed by atoms with van der Waals surface area (Å²) in [5.41, 5.74) is 0. The molecule has 0 atom stereocenters. The van der Waals surface area contributed by atoms with Gasteiger partial charge in [-0.2, -0.15) is 8.42 Å². The van der Waals surface area contributed by atoms with Crippen molar-refractivity contribution in [2.75, 3.05) is 6.61 Å². The Morgan fingerprint density at radius 3 is 2.29 bits per heavy atom. The predicted molar refractivity (Wildman–Crippen MR) is 26.7 cm³/mol. The standard InChI is InChI=1S/C3H6O3S/c4-2-1-3-7(5)6/h3-4H,1-2H2. The van der Waals surface area contributed by atoms with E-state index in [-0.39, 0.29) is 13.0 Å². The van der Waals surface area contributed by atoms with Crippen molar-refractivity contribution < 1.29 is 13.5 Å².